The number of carbonyl (C=O) groups is 1. The molecule has 0 aliphatic rings. The predicted molar refractivity (Wildman–Crippen MR) is 111 cm³/mol. The van der Waals surface area contributed by atoms with Gasteiger partial charge in [-0.2, -0.15) is 23.4 Å². The van der Waals surface area contributed by atoms with Gasteiger partial charge in [0.1, 0.15) is 0 Å². The standard InChI is InChI=1S/C21H18F3N7O2/c1-30-10-16(8-28-30)13-3-2-4-14(5-13)19-26-6-15(7-27-19)17-9-29-31(11-17)12-18(25)33-20(32)21(22,23)24/h2-11,18H,12,25H2,1H3. The molecule has 0 fully saturated rings. The molecule has 0 aliphatic heterocycles. The van der Waals surface area contributed by atoms with Crippen LogP contribution in [0.15, 0.2) is 61.4 Å². The van der Waals surface area contributed by atoms with Crippen molar-refractivity contribution in [2.75, 3.05) is 0 Å². The fourth-order valence-electron chi connectivity index (χ4n) is 3.07. The molecule has 3 aromatic heterocycles. The number of benzene rings is 1. The molecule has 9 nitrogen and oxygen atoms in total. The number of hydrogen-bond acceptors (Lipinski definition) is 7. The number of esters is 1. The molecule has 0 saturated heterocycles. The maximum atomic E-state index is 12.3. The van der Waals surface area contributed by atoms with E-state index in [0.29, 0.717) is 17.0 Å². The molecule has 0 spiro atoms. The quantitative estimate of drug-likeness (QED) is 0.350. The van der Waals surface area contributed by atoms with Crippen LogP contribution < -0.4 is 5.73 Å². The van der Waals surface area contributed by atoms with Crippen molar-refractivity contribution in [3.63, 3.8) is 0 Å². The summed E-state index contributed by atoms with van der Waals surface area (Å²) in [5.74, 6) is -1.82. The van der Waals surface area contributed by atoms with Crippen LogP contribution in [0.1, 0.15) is 0 Å². The largest absolute Gasteiger partial charge is 0.490 e. The second kappa shape index (κ2) is 8.82. The number of alkyl halides is 3. The highest BCUT2D eigenvalue weighted by atomic mass is 19.4. The number of aryl methyl sites for hydroxylation is 1. The highest BCUT2D eigenvalue weighted by Gasteiger charge is 2.42. The van der Waals surface area contributed by atoms with E-state index in [0.717, 1.165) is 16.7 Å². The Hall–Kier alpha value is -4.06. The number of carbonyl (C=O) groups excluding carboxylic acids is 1. The van der Waals surface area contributed by atoms with Gasteiger partial charge in [0.2, 0.25) is 0 Å². The monoisotopic (exact) mass is 457 g/mol. The van der Waals surface area contributed by atoms with Gasteiger partial charge in [0.15, 0.2) is 12.1 Å². The van der Waals surface area contributed by atoms with Crippen molar-refractivity contribution in [2.45, 2.75) is 18.9 Å². The molecule has 0 amide bonds. The maximum absolute atomic E-state index is 12.3. The normalized spacial score (nSPS) is 12.5. The number of halogens is 3. The number of aromatic nitrogens is 6. The van der Waals surface area contributed by atoms with Gasteiger partial charge in [0.25, 0.3) is 0 Å². The minimum Gasteiger partial charge on any atom is -0.438 e. The Bertz CT molecular complexity index is 1270. The highest BCUT2D eigenvalue weighted by Crippen LogP contribution is 2.25. The predicted octanol–water partition coefficient (Wildman–Crippen LogP) is 2.80. The van der Waals surface area contributed by atoms with E-state index in [1.807, 2.05) is 37.5 Å². The van der Waals surface area contributed by atoms with Crippen LogP contribution >= 0.6 is 0 Å². The third-order valence-corrected chi connectivity index (χ3v) is 4.63. The Morgan fingerprint density at radius 1 is 1.00 bits per heavy atom. The minimum atomic E-state index is -5.11. The molecular weight excluding hydrogens is 439 g/mol. The second-order valence-electron chi connectivity index (χ2n) is 7.17. The van der Waals surface area contributed by atoms with Crippen LogP contribution in [-0.4, -0.2) is 47.9 Å². The lowest BCUT2D eigenvalue weighted by Crippen LogP contribution is -2.37. The van der Waals surface area contributed by atoms with Gasteiger partial charge in [-0.25, -0.2) is 14.8 Å². The lowest BCUT2D eigenvalue weighted by atomic mass is 10.1. The molecule has 1 aromatic carbocycles. The molecule has 0 radical (unpaired) electrons. The Balaban J connectivity index is 1.45. The molecular formula is C21H18F3N7O2. The van der Waals surface area contributed by atoms with Crippen LogP contribution in [0.2, 0.25) is 0 Å². The van der Waals surface area contributed by atoms with Gasteiger partial charge < -0.3 is 4.74 Å². The van der Waals surface area contributed by atoms with E-state index in [1.165, 1.54) is 10.9 Å². The first-order valence-corrected chi connectivity index (χ1v) is 9.67. The molecule has 3 heterocycles. The van der Waals surface area contributed by atoms with Crippen LogP contribution in [0.3, 0.4) is 0 Å². The van der Waals surface area contributed by atoms with E-state index in [-0.39, 0.29) is 6.54 Å². The van der Waals surface area contributed by atoms with Gasteiger partial charge >= 0.3 is 12.1 Å². The van der Waals surface area contributed by atoms with Crippen LogP contribution in [0, 0.1) is 0 Å². The lowest BCUT2D eigenvalue weighted by molar-refractivity contribution is -0.205. The summed E-state index contributed by atoms with van der Waals surface area (Å²) in [6.45, 7) is -0.248. The lowest BCUT2D eigenvalue weighted by Gasteiger charge is -2.14. The Labute approximate surface area is 185 Å². The first kappa shape index (κ1) is 22.1. The Morgan fingerprint density at radius 3 is 2.33 bits per heavy atom. The molecule has 4 aromatic rings. The fraction of sp³-hybridized carbons (Fsp3) is 0.190. The summed E-state index contributed by atoms with van der Waals surface area (Å²) in [7, 11) is 1.85. The summed E-state index contributed by atoms with van der Waals surface area (Å²) in [6.07, 6.45) is 3.34. The molecule has 1 atom stereocenters. The first-order valence-electron chi connectivity index (χ1n) is 9.67. The van der Waals surface area contributed by atoms with Crippen LogP contribution in [0.25, 0.3) is 33.6 Å². The van der Waals surface area contributed by atoms with Crippen molar-refractivity contribution in [2.24, 2.45) is 12.8 Å². The molecule has 170 valence electrons. The molecule has 4 rings (SSSR count). The zero-order valence-corrected chi connectivity index (χ0v) is 17.3. The van der Waals surface area contributed by atoms with Gasteiger partial charge in [-0.15, -0.1) is 0 Å². The van der Waals surface area contributed by atoms with Gasteiger partial charge in [0, 0.05) is 54.1 Å². The topological polar surface area (TPSA) is 114 Å². The molecule has 0 aliphatic carbocycles. The van der Waals surface area contributed by atoms with E-state index >= 15 is 0 Å². The third kappa shape index (κ3) is 5.23. The third-order valence-electron chi connectivity index (χ3n) is 4.63. The van der Waals surface area contributed by atoms with Gasteiger partial charge in [-0.1, -0.05) is 18.2 Å². The Kier molecular flexibility index (Phi) is 5.92. The van der Waals surface area contributed by atoms with Crippen LogP contribution in [0.5, 0.6) is 0 Å². The van der Waals surface area contributed by atoms with Crippen LogP contribution in [-0.2, 0) is 23.1 Å². The number of rotatable bonds is 6. The average molecular weight is 457 g/mol. The van der Waals surface area contributed by atoms with Crippen LogP contribution in [0.4, 0.5) is 13.2 Å². The SMILES string of the molecule is Cn1cc(-c2cccc(-c3ncc(-c4cnn(CC(N)OC(=O)C(F)(F)F)c4)cn3)c2)cn1. The van der Waals surface area contributed by atoms with E-state index in [1.54, 1.807) is 29.5 Å². The van der Waals surface area contributed by atoms with Crippen molar-refractivity contribution < 1.29 is 22.7 Å². The van der Waals surface area contributed by atoms with E-state index in [9.17, 15) is 18.0 Å². The summed E-state index contributed by atoms with van der Waals surface area (Å²) < 4.78 is 44.0. The summed E-state index contributed by atoms with van der Waals surface area (Å²) in [4.78, 5) is 19.7. The number of nitrogens with two attached hydrogens (primary N) is 1. The Morgan fingerprint density at radius 2 is 1.67 bits per heavy atom. The maximum Gasteiger partial charge on any atom is 0.490 e. The van der Waals surface area contributed by atoms with Crippen molar-refractivity contribution in [3.05, 3.63) is 61.4 Å². The van der Waals surface area contributed by atoms with E-state index in [2.05, 4.69) is 24.9 Å². The molecule has 33 heavy (non-hydrogen) atoms. The van der Waals surface area contributed by atoms with Gasteiger partial charge in [-0.05, 0) is 11.6 Å². The average Bonchev–Trinajstić information content (AvgIpc) is 3.42. The molecule has 1 unspecified atom stereocenters. The van der Waals surface area contributed by atoms with Crippen molar-refractivity contribution in [3.8, 4) is 33.6 Å². The highest BCUT2D eigenvalue weighted by molar-refractivity contribution is 5.75. The molecule has 2 N–H and O–H groups in total. The first-order chi connectivity index (χ1) is 15.7. The molecule has 0 saturated carbocycles. The number of ether oxygens (including phenoxy) is 1. The summed E-state index contributed by atoms with van der Waals surface area (Å²) >= 11 is 0. The minimum absolute atomic E-state index is 0.248. The number of nitrogens with zero attached hydrogens (tertiary/aromatic N) is 6. The zero-order chi connectivity index (χ0) is 23.6. The molecule has 0 bridgehead atoms. The van der Waals surface area contributed by atoms with Crippen molar-refractivity contribution in [1.82, 2.24) is 29.5 Å². The summed E-state index contributed by atoms with van der Waals surface area (Å²) in [6, 6.07) is 7.75. The van der Waals surface area contributed by atoms with Crippen molar-refractivity contribution >= 4 is 5.97 Å². The molecule has 12 heteroatoms. The van der Waals surface area contributed by atoms with Crippen molar-refractivity contribution in [1.29, 1.82) is 0 Å². The van der Waals surface area contributed by atoms with E-state index < -0.39 is 18.4 Å². The van der Waals surface area contributed by atoms with E-state index in [4.69, 9.17) is 5.73 Å². The number of hydrogen-bond donors (Lipinski definition) is 1. The zero-order valence-electron chi connectivity index (χ0n) is 17.3. The second-order valence-corrected chi connectivity index (χ2v) is 7.17. The van der Waals surface area contributed by atoms with Gasteiger partial charge in [-0.3, -0.25) is 15.1 Å². The fourth-order valence-corrected chi connectivity index (χ4v) is 3.07. The summed E-state index contributed by atoms with van der Waals surface area (Å²) in [5.41, 5.74) is 9.52. The summed E-state index contributed by atoms with van der Waals surface area (Å²) in [5, 5.41) is 8.21. The van der Waals surface area contributed by atoms with Gasteiger partial charge in [0.05, 0.1) is 18.9 Å². The smallest absolute Gasteiger partial charge is 0.438 e.